The second-order valence-electron chi connectivity index (χ2n) is 6.33. The monoisotopic (exact) mass is 311 g/mol. The van der Waals surface area contributed by atoms with Crippen LogP contribution in [0.25, 0.3) is 0 Å². The fourth-order valence-electron chi connectivity index (χ4n) is 3.20. The van der Waals surface area contributed by atoms with Gasteiger partial charge in [-0.25, -0.2) is 0 Å². The van der Waals surface area contributed by atoms with Gasteiger partial charge in [-0.15, -0.1) is 0 Å². The summed E-state index contributed by atoms with van der Waals surface area (Å²) in [7, 11) is 1.82. The summed E-state index contributed by atoms with van der Waals surface area (Å²) in [6, 6.07) is 0. The first kappa shape index (κ1) is 17.5. The number of nitrogens with one attached hydrogen (secondary N) is 2. The molecule has 1 atom stereocenters. The first-order valence-corrected chi connectivity index (χ1v) is 9.06. The summed E-state index contributed by atoms with van der Waals surface area (Å²) in [5.41, 5.74) is 0. The first-order chi connectivity index (χ1) is 10.9. The Labute approximate surface area is 135 Å². The summed E-state index contributed by atoms with van der Waals surface area (Å²) in [6.07, 6.45) is 12.0. The molecule has 2 rings (SSSR count). The number of aliphatic imine (C=N–C) groups is 1. The molecule has 0 aromatic heterocycles. The second-order valence-corrected chi connectivity index (χ2v) is 6.33. The van der Waals surface area contributed by atoms with Gasteiger partial charge in [-0.1, -0.05) is 19.3 Å². The van der Waals surface area contributed by atoms with Crippen LogP contribution in [0.3, 0.4) is 0 Å². The molecule has 0 radical (unpaired) electrons. The van der Waals surface area contributed by atoms with E-state index in [4.69, 9.17) is 9.47 Å². The molecule has 1 saturated carbocycles. The molecule has 128 valence electrons. The van der Waals surface area contributed by atoms with Gasteiger partial charge in [-0.2, -0.15) is 0 Å². The summed E-state index contributed by atoms with van der Waals surface area (Å²) >= 11 is 0. The predicted octanol–water partition coefficient (Wildman–Crippen LogP) is 2.46. The Bertz CT molecular complexity index is 311. The Balaban J connectivity index is 1.45. The second kappa shape index (κ2) is 10.8. The van der Waals surface area contributed by atoms with E-state index in [1.807, 2.05) is 7.05 Å². The standard InChI is InChI=1S/C17H33N3O2/c1-18-17(20-12-10-16-9-5-13-21-16)19-11-6-14-22-15-7-3-2-4-8-15/h15-16H,2-14H2,1H3,(H2,18,19,20). The van der Waals surface area contributed by atoms with Gasteiger partial charge >= 0.3 is 0 Å². The summed E-state index contributed by atoms with van der Waals surface area (Å²) in [4.78, 5) is 4.25. The van der Waals surface area contributed by atoms with Gasteiger partial charge < -0.3 is 20.1 Å². The summed E-state index contributed by atoms with van der Waals surface area (Å²) in [5, 5.41) is 6.71. The Morgan fingerprint density at radius 3 is 2.64 bits per heavy atom. The Morgan fingerprint density at radius 1 is 1.09 bits per heavy atom. The van der Waals surface area contributed by atoms with Crippen molar-refractivity contribution in [2.24, 2.45) is 4.99 Å². The maximum absolute atomic E-state index is 5.93. The van der Waals surface area contributed by atoms with Crippen molar-refractivity contribution >= 4 is 5.96 Å². The zero-order valence-corrected chi connectivity index (χ0v) is 14.1. The van der Waals surface area contributed by atoms with Crippen molar-refractivity contribution in [1.29, 1.82) is 0 Å². The van der Waals surface area contributed by atoms with E-state index in [2.05, 4.69) is 15.6 Å². The predicted molar refractivity (Wildman–Crippen MR) is 90.4 cm³/mol. The smallest absolute Gasteiger partial charge is 0.190 e. The number of nitrogens with zero attached hydrogens (tertiary/aromatic N) is 1. The van der Waals surface area contributed by atoms with Crippen LogP contribution in [-0.4, -0.2) is 51.5 Å². The van der Waals surface area contributed by atoms with E-state index in [1.165, 1.54) is 44.9 Å². The maximum Gasteiger partial charge on any atom is 0.190 e. The Morgan fingerprint density at radius 2 is 1.91 bits per heavy atom. The van der Waals surface area contributed by atoms with Crippen molar-refractivity contribution in [3.05, 3.63) is 0 Å². The quantitative estimate of drug-likeness (QED) is 0.411. The zero-order valence-electron chi connectivity index (χ0n) is 14.1. The van der Waals surface area contributed by atoms with Crippen molar-refractivity contribution in [3.8, 4) is 0 Å². The fourth-order valence-corrected chi connectivity index (χ4v) is 3.20. The Kier molecular flexibility index (Phi) is 8.64. The van der Waals surface area contributed by atoms with Crippen LogP contribution in [0.4, 0.5) is 0 Å². The van der Waals surface area contributed by atoms with Crippen molar-refractivity contribution in [1.82, 2.24) is 10.6 Å². The molecule has 22 heavy (non-hydrogen) atoms. The minimum Gasteiger partial charge on any atom is -0.378 e. The Hall–Kier alpha value is -0.810. The van der Waals surface area contributed by atoms with Crippen LogP contribution < -0.4 is 10.6 Å². The molecular weight excluding hydrogens is 278 g/mol. The highest BCUT2D eigenvalue weighted by molar-refractivity contribution is 5.79. The van der Waals surface area contributed by atoms with Gasteiger partial charge in [0.15, 0.2) is 5.96 Å². The molecule has 1 aliphatic carbocycles. The van der Waals surface area contributed by atoms with Gasteiger partial charge in [0.05, 0.1) is 12.2 Å². The molecule has 0 spiro atoms. The third-order valence-corrected chi connectivity index (χ3v) is 4.53. The van der Waals surface area contributed by atoms with Crippen LogP contribution in [-0.2, 0) is 9.47 Å². The molecule has 2 fully saturated rings. The molecule has 0 aromatic rings. The number of rotatable bonds is 8. The third kappa shape index (κ3) is 6.97. The average Bonchev–Trinajstić information content (AvgIpc) is 3.07. The molecule has 5 nitrogen and oxygen atoms in total. The van der Waals surface area contributed by atoms with E-state index >= 15 is 0 Å². The first-order valence-electron chi connectivity index (χ1n) is 9.06. The molecule has 0 amide bonds. The van der Waals surface area contributed by atoms with E-state index in [1.54, 1.807) is 0 Å². The van der Waals surface area contributed by atoms with Crippen molar-refractivity contribution in [3.63, 3.8) is 0 Å². The van der Waals surface area contributed by atoms with Crippen LogP contribution in [0, 0.1) is 0 Å². The number of guanidine groups is 1. The summed E-state index contributed by atoms with van der Waals surface area (Å²) < 4.78 is 11.6. The maximum atomic E-state index is 5.93. The molecule has 1 unspecified atom stereocenters. The molecule has 1 saturated heterocycles. The van der Waals surface area contributed by atoms with Crippen LogP contribution in [0.5, 0.6) is 0 Å². The van der Waals surface area contributed by atoms with Gasteiger partial charge in [-0.05, 0) is 38.5 Å². The lowest BCUT2D eigenvalue weighted by molar-refractivity contribution is 0.0277. The highest BCUT2D eigenvalue weighted by atomic mass is 16.5. The average molecular weight is 311 g/mol. The fraction of sp³-hybridized carbons (Fsp3) is 0.941. The molecule has 0 aromatic carbocycles. The highest BCUT2D eigenvalue weighted by Gasteiger charge is 2.15. The lowest BCUT2D eigenvalue weighted by Gasteiger charge is -2.22. The van der Waals surface area contributed by atoms with Crippen LogP contribution in [0.15, 0.2) is 4.99 Å². The molecule has 1 aliphatic heterocycles. The molecular formula is C17H33N3O2. The molecule has 0 bridgehead atoms. The lowest BCUT2D eigenvalue weighted by atomic mass is 9.98. The number of hydrogen-bond acceptors (Lipinski definition) is 3. The zero-order chi connectivity index (χ0) is 15.5. The molecule has 1 heterocycles. The van der Waals surface area contributed by atoms with Gasteiger partial charge in [0.25, 0.3) is 0 Å². The van der Waals surface area contributed by atoms with Crippen molar-refractivity contribution < 1.29 is 9.47 Å². The summed E-state index contributed by atoms with van der Waals surface area (Å²) in [5.74, 6) is 0.885. The van der Waals surface area contributed by atoms with E-state index in [9.17, 15) is 0 Å². The SMILES string of the molecule is CN=C(NCCCOC1CCCCC1)NCCC1CCCO1. The highest BCUT2D eigenvalue weighted by Crippen LogP contribution is 2.20. The number of ether oxygens (including phenoxy) is 2. The molecule has 2 N–H and O–H groups in total. The minimum absolute atomic E-state index is 0.439. The topological polar surface area (TPSA) is 54.9 Å². The summed E-state index contributed by atoms with van der Waals surface area (Å²) in [6.45, 7) is 3.61. The lowest BCUT2D eigenvalue weighted by Crippen LogP contribution is -2.39. The van der Waals surface area contributed by atoms with Crippen molar-refractivity contribution in [2.45, 2.75) is 70.0 Å². The van der Waals surface area contributed by atoms with Gasteiger partial charge in [0.2, 0.25) is 0 Å². The van der Waals surface area contributed by atoms with E-state index in [-0.39, 0.29) is 0 Å². The van der Waals surface area contributed by atoms with Gasteiger partial charge in [0, 0.05) is 33.4 Å². The largest absolute Gasteiger partial charge is 0.378 e. The van der Waals surface area contributed by atoms with Crippen LogP contribution >= 0.6 is 0 Å². The van der Waals surface area contributed by atoms with E-state index in [0.29, 0.717) is 12.2 Å². The van der Waals surface area contributed by atoms with E-state index in [0.717, 1.165) is 45.1 Å². The third-order valence-electron chi connectivity index (χ3n) is 4.53. The van der Waals surface area contributed by atoms with E-state index < -0.39 is 0 Å². The van der Waals surface area contributed by atoms with Crippen LogP contribution in [0.1, 0.15) is 57.8 Å². The van der Waals surface area contributed by atoms with Gasteiger partial charge in [0.1, 0.15) is 0 Å². The van der Waals surface area contributed by atoms with Crippen LogP contribution in [0.2, 0.25) is 0 Å². The molecule has 5 heteroatoms. The molecule has 2 aliphatic rings. The normalized spacial score (nSPS) is 23.7. The van der Waals surface area contributed by atoms with Gasteiger partial charge in [-0.3, -0.25) is 4.99 Å². The minimum atomic E-state index is 0.439. The number of hydrogen-bond donors (Lipinski definition) is 2. The van der Waals surface area contributed by atoms with Crippen molar-refractivity contribution in [2.75, 3.05) is 33.4 Å².